The van der Waals surface area contributed by atoms with Crippen LogP contribution in [0.2, 0.25) is 0 Å². The molecule has 0 saturated heterocycles. The number of anilines is 1. The lowest BCUT2D eigenvalue weighted by Crippen LogP contribution is -2.35. The van der Waals surface area contributed by atoms with Crippen LogP contribution in [0.3, 0.4) is 0 Å². The van der Waals surface area contributed by atoms with Crippen molar-refractivity contribution < 1.29 is 4.74 Å². The van der Waals surface area contributed by atoms with Crippen molar-refractivity contribution in [2.24, 2.45) is 5.73 Å². The summed E-state index contributed by atoms with van der Waals surface area (Å²) in [6, 6.07) is 7.03. The summed E-state index contributed by atoms with van der Waals surface area (Å²) in [5.41, 5.74) is 8.12. The maximum absolute atomic E-state index is 5.61. The normalized spacial score (nSPS) is 12.5. The molecule has 0 saturated carbocycles. The van der Waals surface area contributed by atoms with Crippen molar-refractivity contribution in [1.29, 1.82) is 0 Å². The fourth-order valence-electron chi connectivity index (χ4n) is 2.09. The lowest BCUT2D eigenvalue weighted by Gasteiger charge is -2.31. The maximum Gasteiger partial charge on any atom is 0.0637 e. The van der Waals surface area contributed by atoms with Gasteiger partial charge >= 0.3 is 0 Å². The maximum atomic E-state index is 5.61. The molecule has 0 aliphatic heterocycles. The summed E-state index contributed by atoms with van der Waals surface area (Å²) in [5, 5.41) is 0. The Labute approximate surface area is 125 Å². The number of hydrogen-bond donors (Lipinski definition) is 1. The number of hydrogen-bond acceptors (Lipinski definition) is 3. The minimum absolute atomic E-state index is 0.502. The van der Waals surface area contributed by atoms with Crippen molar-refractivity contribution in [2.75, 3.05) is 31.7 Å². The Morgan fingerprint density at radius 3 is 2.68 bits per heavy atom. The number of ether oxygens (including phenoxy) is 1. The van der Waals surface area contributed by atoms with E-state index in [0.717, 1.165) is 30.5 Å². The van der Waals surface area contributed by atoms with Gasteiger partial charge in [0.25, 0.3) is 0 Å². The van der Waals surface area contributed by atoms with E-state index in [2.05, 4.69) is 52.9 Å². The van der Waals surface area contributed by atoms with Crippen molar-refractivity contribution in [2.45, 2.75) is 32.7 Å². The van der Waals surface area contributed by atoms with Crippen LogP contribution in [0.1, 0.15) is 25.8 Å². The predicted octanol–water partition coefficient (Wildman–Crippen LogP) is 3.20. The molecule has 0 heterocycles. The summed E-state index contributed by atoms with van der Waals surface area (Å²) in [5.74, 6) is 0. The van der Waals surface area contributed by atoms with Crippen LogP contribution >= 0.6 is 15.9 Å². The minimum atomic E-state index is 0.502. The van der Waals surface area contributed by atoms with Crippen molar-refractivity contribution in [3.63, 3.8) is 0 Å². The summed E-state index contributed by atoms with van der Waals surface area (Å²) >= 11 is 3.64. The quantitative estimate of drug-likeness (QED) is 0.796. The van der Waals surface area contributed by atoms with Gasteiger partial charge in [-0.25, -0.2) is 0 Å². The SMILES string of the molecule is CCC(C)N(CCOC)c1ccc(CCN)c(Br)c1. The number of benzene rings is 1. The van der Waals surface area contributed by atoms with Gasteiger partial charge in [-0.05, 0) is 44.0 Å². The van der Waals surface area contributed by atoms with Gasteiger partial charge in [-0.15, -0.1) is 0 Å². The van der Waals surface area contributed by atoms with Gasteiger partial charge in [0.1, 0.15) is 0 Å². The zero-order valence-electron chi connectivity index (χ0n) is 12.2. The molecule has 4 heteroatoms. The Bertz CT molecular complexity index is 384. The minimum Gasteiger partial charge on any atom is -0.383 e. The molecule has 0 aliphatic rings. The van der Waals surface area contributed by atoms with Gasteiger partial charge in [0.15, 0.2) is 0 Å². The first-order chi connectivity index (χ1) is 9.13. The molecule has 0 bridgehead atoms. The fourth-order valence-corrected chi connectivity index (χ4v) is 2.65. The first kappa shape index (κ1) is 16.5. The molecule has 1 unspecified atom stereocenters. The van der Waals surface area contributed by atoms with Crippen LogP contribution in [-0.4, -0.2) is 32.8 Å². The van der Waals surface area contributed by atoms with E-state index in [1.165, 1.54) is 11.3 Å². The highest BCUT2D eigenvalue weighted by molar-refractivity contribution is 9.10. The molecule has 2 N–H and O–H groups in total. The largest absolute Gasteiger partial charge is 0.383 e. The van der Waals surface area contributed by atoms with E-state index in [-0.39, 0.29) is 0 Å². The highest BCUT2D eigenvalue weighted by atomic mass is 79.9. The number of nitrogens with two attached hydrogens (primary N) is 1. The summed E-state index contributed by atoms with van der Waals surface area (Å²) < 4.78 is 6.35. The zero-order valence-corrected chi connectivity index (χ0v) is 13.7. The average Bonchev–Trinajstić information content (AvgIpc) is 2.41. The molecule has 1 aromatic rings. The van der Waals surface area contributed by atoms with Crippen molar-refractivity contribution in [1.82, 2.24) is 0 Å². The Balaban J connectivity index is 2.92. The molecular weight excluding hydrogens is 304 g/mol. The Morgan fingerprint density at radius 1 is 1.42 bits per heavy atom. The third-order valence-corrected chi connectivity index (χ3v) is 4.18. The third kappa shape index (κ3) is 4.79. The number of nitrogens with zero attached hydrogens (tertiary/aromatic N) is 1. The van der Waals surface area contributed by atoms with E-state index < -0.39 is 0 Å². The van der Waals surface area contributed by atoms with Crippen LogP contribution in [0.25, 0.3) is 0 Å². The lowest BCUT2D eigenvalue weighted by molar-refractivity contribution is 0.203. The molecule has 108 valence electrons. The molecule has 1 atom stereocenters. The molecule has 3 nitrogen and oxygen atoms in total. The monoisotopic (exact) mass is 328 g/mol. The van der Waals surface area contributed by atoms with E-state index in [9.17, 15) is 0 Å². The zero-order chi connectivity index (χ0) is 14.3. The Kier molecular flexibility index (Phi) is 7.42. The van der Waals surface area contributed by atoms with Crippen LogP contribution in [0.5, 0.6) is 0 Å². The fraction of sp³-hybridized carbons (Fsp3) is 0.600. The van der Waals surface area contributed by atoms with Gasteiger partial charge in [0, 0.05) is 29.9 Å². The van der Waals surface area contributed by atoms with E-state index in [0.29, 0.717) is 12.6 Å². The molecule has 0 aliphatic carbocycles. The first-order valence-corrected chi connectivity index (χ1v) is 7.67. The molecule has 19 heavy (non-hydrogen) atoms. The summed E-state index contributed by atoms with van der Waals surface area (Å²) in [6.45, 7) is 6.79. The van der Waals surface area contributed by atoms with Crippen LogP contribution in [0, 0.1) is 0 Å². The van der Waals surface area contributed by atoms with Crippen molar-refractivity contribution >= 4 is 21.6 Å². The molecule has 1 aromatic carbocycles. The number of halogens is 1. The van der Waals surface area contributed by atoms with Crippen LogP contribution in [-0.2, 0) is 11.2 Å². The standard InChI is InChI=1S/C15H25BrN2O/c1-4-12(2)18(9-10-19-3)14-6-5-13(7-8-17)15(16)11-14/h5-6,11-12H,4,7-10,17H2,1-3H3. The van der Waals surface area contributed by atoms with Gasteiger partial charge < -0.3 is 15.4 Å². The molecule has 0 amide bonds. The molecule has 0 radical (unpaired) electrons. The topological polar surface area (TPSA) is 38.5 Å². The second kappa shape index (κ2) is 8.56. The van der Waals surface area contributed by atoms with E-state index in [1.54, 1.807) is 7.11 Å². The molecule has 0 aromatic heterocycles. The molecular formula is C15H25BrN2O. The third-order valence-electron chi connectivity index (χ3n) is 3.44. The average molecular weight is 329 g/mol. The van der Waals surface area contributed by atoms with Gasteiger partial charge in [0.2, 0.25) is 0 Å². The predicted molar refractivity (Wildman–Crippen MR) is 85.9 cm³/mol. The number of methoxy groups -OCH3 is 1. The van der Waals surface area contributed by atoms with E-state index in [4.69, 9.17) is 10.5 Å². The summed E-state index contributed by atoms with van der Waals surface area (Å²) in [4.78, 5) is 2.39. The highest BCUT2D eigenvalue weighted by Crippen LogP contribution is 2.26. The smallest absolute Gasteiger partial charge is 0.0637 e. The van der Waals surface area contributed by atoms with Gasteiger partial charge in [-0.3, -0.25) is 0 Å². The second-order valence-electron chi connectivity index (χ2n) is 4.76. The Hall–Kier alpha value is -0.580. The highest BCUT2D eigenvalue weighted by Gasteiger charge is 2.13. The van der Waals surface area contributed by atoms with Gasteiger partial charge in [-0.1, -0.05) is 28.9 Å². The second-order valence-corrected chi connectivity index (χ2v) is 5.61. The van der Waals surface area contributed by atoms with Crippen molar-refractivity contribution in [3.8, 4) is 0 Å². The van der Waals surface area contributed by atoms with Crippen LogP contribution in [0.4, 0.5) is 5.69 Å². The first-order valence-electron chi connectivity index (χ1n) is 6.88. The van der Waals surface area contributed by atoms with E-state index >= 15 is 0 Å². The summed E-state index contributed by atoms with van der Waals surface area (Å²) in [6.07, 6.45) is 2.02. The summed E-state index contributed by atoms with van der Waals surface area (Å²) in [7, 11) is 1.75. The van der Waals surface area contributed by atoms with E-state index in [1.807, 2.05) is 0 Å². The molecule has 0 spiro atoms. The number of rotatable bonds is 8. The van der Waals surface area contributed by atoms with Gasteiger partial charge in [0.05, 0.1) is 6.61 Å². The lowest BCUT2D eigenvalue weighted by atomic mass is 10.1. The van der Waals surface area contributed by atoms with Gasteiger partial charge in [-0.2, -0.15) is 0 Å². The molecule has 0 fully saturated rings. The van der Waals surface area contributed by atoms with Crippen molar-refractivity contribution in [3.05, 3.63) is 28.2 Å². The molecule has 1 rings (SSSR count). The van der Waals surface area contributed by atoms with Crippen LogP contribution < -0.4 is 10.6 Å². The van der Waals surface area contributed by atoms with Crippen LogP contribution in [0.15, 0.2) is 22.7 Å². The Morgan fingerprint density at radius 2 is 2.16 bits per heavy atom.